The van der Waals surface area contributed by atoms with Crippen molar-refractivity contribution in [1.82, 2.24) is 0 Å². The van der Waals surface area contributed by atoms with Gasteiger partial charge in [0, 0.05) is 5.33 Å². The molecule has 0 atom stereocenters. The molecule has 1 aliphatic carbocycles. The largest absolute Gasteiger partial charge is 0.0928 e. The molecule has 3 rings (SSSR count). The van der Waals surface area contributed by atoms with E-state index in [9.17, 15) is 0 Å². The highest BCUT2D eigenvalue weighted by Gasteiger charge is 2.19. The lowest BCUT2D eigenvalue weighted by molar-refractivity contribution is 0.670. The van der Waals surface area contributed by atoms with Crippen LogP contribution in [0.4, 0.5) is 0 Å². The summed E-state index contributed by atoms with van der Waals surface area (Å²) in [5.74, 6) is 0. The average Bonchev–Trinajstić information content (AvgIpc) is 2.87. The number of alkyl halides is 1. The highest BCUT2D eigenvalue weighted by molar-refractivity contribution is 9.09. The van der Waals surface area contributed by atoms with Crippen LogP contribution in [0.1, 0.15) is 42.4 Å². The zero-order valence-electron chi connectivity index (χ0n) is 11.9. The molecule has 0 bridgehead atoms. The number of hydrogen-bond donors (Lipinski definition) is 0. The van der Waals surface area contributed by atoms with E-state index in [1.54, 1.807) is 11.1 Å². The van der Waals surface area contributed by atoms with Crippen LogP contribution in [-0.4, -0.2) is 5.33 Å². The molecule has 0 N–H and O–H groups in total. The number of benzene rings is 2. The number of rotatable bonds is 6. The summed E-state index contributed by atoms with van der Waals surface area (Å²) in [5, 5.41) is 1.14. The van der Waals surface area contributed by atoms with Crippen molar-refractivity contribution < 1.29 is 0 Å². The topological polar surface area (TPSA) is 0 Å². The van der Waals surface area contributed by atoms with Gasteiger partial charge in [0.2, 0.25) is 0 Å². The highest BCUT2D eigenvalue weighted by Crippen LogP contribution is 2.38. The number of aryl methyl sites for hydroxylation is 1. The van der Waals surface area contributed by atoms with Crippen LogP contribution in [0.2, 0.25) is 0 Å². The fourth-order valence-corrected chi connectivity index (χ4v) is 3.62. The minimum absolute atomic E-state index is 1.13. The molecule has 2 aromatic carbocycles. The summed E-state index contributed by atoms with van der Waals surface area (Å²) >= 11 is 3.50. The van der Waals surface area contributed by atoms with Crippen molar-refractivity contribution in [2.45, 2.75) is 38.5 Å². The lowest BCUT2D eigenvalue weighted by Gasteiger charge is -2.08. The third-order valence-electron chi connectivity index (χ3n) is 4.28. The normalized spacial score (nSPS) is 12.2. The maximum absolute atomic E-state index is 3.50. The Bertz CT molecular complexity index is 586. The molecule has 104 valence electrons. The minimum Gasteiger partial charge on any atom is -0.0928 e. The summed E-state index contributed by atoms with van der Waals surface area (Å²) < 4.78 is 0. The zero-order chi connectivity index (χ0) is 13.8. The summed E-state index contributed by atoms with van der Waals surface area (Å²) in [6, 6.07) is 15.7. The van der Waals surface area contributed by atoms with Gasteiger partial charge < -0.3 is 0 Å². The molecule has 0 saturated heterocycles. The Morgan fingerprint density at radius 2 is 1.60 bits per heavy atom. The smallest absolute Gasteiger partial charge is 0.00313 e. The van der Waals surface area contributed by atoms with E-state index in [1.807, 2.05) is 0 Å². The van der Waals surface area contributed by atoms with Gasteiger partial charge in [-0.2, -0.15) is 0 Å². The van der Waals surface area contributed by atoms with Gasteiger partial charge in [-0.25, -0.2) is 0 Å². The predicted octanol–water partition coefficient (Wildman–Crippen LogP) is 5.76. The van der Waals surface area contributed by atoms with E-state index in [-0.39, 0.29) is 0 Å². The standard InChI is InChI=1S/C19H21Br/c20-13-6-2-1-3-8-15-10-7-12-18-17-11-5-4-9-16(17)14-19(15)18/h4-5,7,9-12H,1-3,6,8,13-14H2. The Kier molecular flexibility index (Phi) is 4.57. The quantitative estimate of drug-likeness (QED) is 0.399. The minimum atomic E-state index is 1.13. The van der Waals surface area contributed by atoms with Crippen LogP contribution >= 0.6 is 15.9 Å². The summed E-state index contributed by atoms with van der Waals surface area (Å²) in [5.41, 5.74) is 7.56. The van der Waals surface area contributed by atoms with Crippen LogP contribution in [0.3, 0.4) is 0 Å². The molecule has 0 unspecified atom stereocenters. The van der Waals surface area contributed by atoms with Gasteiger partial charge in [-0.3, -0.25) is 0 Å². The Balaban J connectivity index is 1.73. The molecule has 0 amide bonds. The monoisotopic (exact) mass is 328 g/mol. The molecule has 0 fully saturated rings. The fourth-order valence-electron chi connectivity index (χ4n) is 3.22. The van der Waals surface area contributed by atoms with Crippen LogP contribution in [0, 0.1) is 0 Å². The lowest BCUT2D eigenvalue weighted by Crippen LogP contribution is -1.93. The van der Waals surface area contributed by atoms with Gasteiger partial charge in [-0.05, 0) is 53.5 Å². The van der Waals surface area contributed by atoms with E-state index in [1.165, 1.54) is 48.8 Å². The number of fused-ring (bicyclic) bond motifs is 3. The summed E-state index contributed by atoms with van der Waals surface area (Å²) in [6.07, 6.45) is 7.68. The van der Waals surface area contributed by atoms with Crippen LogP contribution in [0.15, 0.2) is 42.5 Å². The molecule has 0 radical (unpaired) electrons. The molecular weight excluding hydrogens is 308 g/mol. The third-order valence-corrected chi connectivity index (χ3v) is 4.84. The van der Waals surface area contributed by atoms with E-state index in [0.717, 1.165) is 11.8 Å². The third kappa shape index (κ3) is 2.83. The van der Waals surface area contributed by atoms with E-state index in [0.29, 0.717) is 0 Å². The van der Waals surface area contributed by atoms with Crippen LogP contribution in [-0.2, 0) is 12.8 Å². The van der Waals surface area contributed by atoms with Crippen molar-refractivity contribution in [1.29, 1.82) is 0 Å². The fraction of sp³-hybridized carbons (Fsp3) is 0.368. The lowest BCUT2D eigenvalue weighted by atomic mass is 9.97. The molecule has 1 aliphatic rings. The number of unbranched alkanes of at least 4 members (excludes halogenated alkanes) is 3. The maximum Gasteiger partial charge on any atom is 0.00313 e. The molecule has 0 heterocycles. The van der Waals surface area contributed by atoms with Crippen molar-refractivity contribution in [2.75, 3.05) is 5.33 Å². The first-order valence-electron chi connectivity index (χ1n) is 7.65. The summed E-state index contributed by atoms with van der Waals surface area (Å²) in [6.45, 7) is 0. The second-order valence-corrected chi connectivity index (χ2v) is 6.42. The second-order valence-electron chi connectivity index (χ2n) is 5.63. The first-order chi connectivity index (χ1) is 9.90. The van der Waals surface area contributed by atoms with E-state index in [4.69, 9.17) is 0 Å². The molecule has 0 saturated carbocycles. The Hall–Kier alpha value is -1.08. The SMILES string of the molecule is BrCCCCCCc1cccc2c1Cc1ccccc1-2. The van der Waals surface area contributed by atoms with E-state index < -0.39 is 0 Å². The van der Waals surface area contributed by atoms with Crippen molar-refractivity contribution >= 4 is 15.9 Å². The van der Waals surface area contributed by atoms with Crippen molar-refractivity contribution in [2.24, 2.45) is 0 Å². The molecule has 2 aromatic rings. The van der Waals surface area contributed by atoms with Gasteiger partial charge in [0.05, 0.1) is 0 Å². The van der Waals surface area contributed by atoms with Gasteiger partial charge in [0.15, 0.2) is 0 Å². The Morgan fingerprint density at radius 3 is 2.50 bits per heavy atom. The van der Waals surface area contributed by atoms with Crippen LogP contribution < -0.4 is 0 Å². The molecule has 0 nitrogen and oxygen atoms in total. The maximum atomic E-state index is 3.50. The van der Waals surface area contributed by atoms with Gasteiger partial charge in [-0.1, -0.05) is 71.2 Å². The molecule has 0 aromatic heterocycles. The Labute approximate surface area is 130 Å². The van der Waals surface area contributed by atoms with Gasteiger partial charge in [-0.15, -0.1) is 0 Å². The molecule has 0 spiro atoms. The van der Waals surface area contributed by atoms with Gasteiger partial charge in [0.1, 0.15) is 0 Å². The molecule has 0 aliphatic heterocycles. The van der Waals surface area contributed by atoms with Gasteiger partial charge >= 0.3 is 0 Å². The Morgan fingerprint density at radius 1 is 0.800 bits per heavy atom. The zero-order valence-corrected chi connectivity index (χ0v) is 13.5. The highest BCUT2D eigenvalue weighted by atomic mass is 79.9. The first kappa shape index (κ1) is 13.9. The molecule has 20 heavy (non-hydrogen) atoms. The van der Waals surface area contributed by atoms with Crippen LogP contribution in [0.25, 0.3) is 11.1 Å². The van der Waals surface area contributed by atoms with E-state index >= 15 is 0 Å². The van der Waals surface area contributed by atoms with E-state index in [2.05, 4.69) is 58.4 Å². The number of halogens is 1. The molecular formula is C19H21Br. The second kappa shape index (κ2) is 6.58. The predicted molar refractivity (Wildman–Crippen MR) is 90.7 cm³/mol. The number of hydrogen-bond acceptors (Lipinski definition) is 0. The average molecular weight is 329 g/mol. The van der Waals surface area contributed by atoms with Crippen molar-refractivity contribution in [3.63, 3.8) is 0 Å². The first-order valence-corrected chi connectivity index (χ1v) is 8.77. The van der Waals surface area contributed by atoms with Crippen LogP contribution in [0.5, 0.6) is 0 Å². The summed E-state index contributed by atoms with van der Waals surface area (Å²) in [4.78, 5) is 0. The van der Waals surface area contributed by atoms with Gasteiger partial charge in [0.25, 0.3) is 0 Å². The summed E-state index contributed by atoms with van der Waals surface area (Å²) in [7, 11) is 0. The van der Waals surface area contributed by atoms with Crippen molar-refractivity contribution in [3.05, 3.63) is 59.2 Å². The molecule has 1 heteroatoms. The van der Waals surface area contributed by atoms with Crippen molar-refractivity contribution in [3.8, 4) is 11.1 Å².